The van der Waals surface area contributed by atoms with Crippen molar-refractivity contribution in [2.45, 2.75) is 6.54 Å². The zero-order valence-electron chi connectivity index (χ0n) is 8.35. The molecular formula is C12H13N3. The summed E-state index contributed by atoms with van der Waals surface area (Å²) in [6, 6.07) is 16.0. The minimum absolute atomic E-state index is 0.584. The zero-order valence-corrected chi connectivity index (χ0v) is 8.35. The maximum Gasteiger partial charge on any atom is 0.0705 e. The Hall–Kier alpha value is -1.71. The van der Waals surface area contributed by atoms with E-state index in [1.165, 1.54) is 0 Å². The van der Waals surface area contributed by atoms with Crippen LogP contribution in [0.1, 0.15) is 5.69 Å². The van der Waals surface area contributed by atoms with Crippen LogP contribution in [-0.2, 0) is 6.54 Å². The standard InChI is InChI=1S/C12H13N3/c13-14-9-11-7-4-8-12(15-11)10-5-2-1-3-6-10/h1-8,14H,9,13H2. The van der Waals surface area contributed by atoms with Crippen LogP contribution in [0.2, 0.25) is 0 Å². The highest BCUT2D eigenvalue weighted by atomic mass is 15.2. The van der Waals surface area contributed by atoms with Gasteiger partial charge in [0.05, 0.1) is 17.9 Å². The number of hydrogen-bond acceptors (Lipinski definition) is 3. The van der Waals surface area contributed by atoms with Gasteiger partial charge in [0.1, 0.15) is 0 Å². The second-order valence-electron chi connectivity index (χ2n) is 3.26. The summed E-state index contributed by atoms with van der Waals surface area (Å²) < 4.78 is 0. The first-order valence-corrected chi connectivity index (χ1v) is 4.85. The van der Waals surface area contributed by atoms with E-state index in [9.17, 15) is 0 Å². The maximum atomic E-state index is 5.26. The van der Waals surface area contributed by atoms with Crippen LogP contribution in [0.5, 0.6) is 0 Å². The average Bonchev–Trinajstić information content (AvgIpc) is 2.31. The molecule has 3 nitrogen and oxygen atoms in total. The lowest BCUT2D eigenvalue weighted by atomic mass is 10.1. The summed E-state index contributed by atoms with van der Waals surface area (Å²) in [4.78, 5) is 4.49. The molecule has 1 aromatic carbocycles. The van der Waals surface area contributed by atoms with Crippen molar-refractivity contribution in [3.05, 3.63) is 54.2 Å². The fourth-order valence-corrected chi connectivity index (χ4v) is 1.45. The van der Waals surface area contributed by atoms with Gasteiger partial charge in [0.15, 0.2) is 0 Å². The van der Waals surface area contributed by atoms with Crippen molar-refractivity contribution in [3.63, 3.8) is 0 Å². The van der Waals surface area contributed by atoms with Crippen LogP contribution in [0.3, 0.4) is 0 Å². The number of benzene rings is 1. The van der Waals surface area contributed by atoms with Crippen LogP contribution in [-0.4, -0.2) is 4.98 Å². The first-order chi connectivity index (χ1) is 7.40. The van der Waals surface area contributed by atoms with Crippen LogP contribution in [0, 0.1) is 0 Å². The van der Waals surface area contributed by atoms with E-state index < -0.39 is 0 Å². The lowest BCUT2D eigenvalue weighted by molar-refractivity contribution is 0.724. The van der Waals surface area contributed by atoms with E-state index >= 15 is 0 Å². The van der Waals surface area contributed by atoms with Gasteiger partial charge in [-0.25, -0.2) is 0 Å². The molecule has 1 aromatic heterocycles. The van der Waals surface area contributed by atoms with Crippen molar-refractivity contribution in [1.29, 1.82) is 0 Å². The molecule has 0 aliphatic rings. The fourth-order valence-electron chi connectivity index (χ4n) is 1.45. The number of nitrogens with two attached hydrogens (primary N) is 1. The summed E-state index contributed by atoms with van der Waals surface area (Å²) >= 11 is 0. The Morgan fingerprint density at radius 3 is 2.53 bits per heavy atom. The molecule has 2 rings (SSSR count). The molecule has 15 heavy (non-hydrogen) atoms. The molecule has 0 aliphatic carbocycles. The fraction of sp³-hybridized carbons (Fsp3) is 0.0833. The summed E-state index contributed by atoms with van der Waals surface area (Å²) in [5.41, 5.74) is 5.64. The van der Waals surface area contributed by atoms with E-state index in [-0.39, 0.29) is 0 Å². The molecule has 0 aliphatic heterocycles. The molecule has 0 amide bonds. The third kappa shape index (κ3) is 2.40. The lowest BCUT2D eigenvalue weighted by Crippen LogP contribution is -2.21. The first kappa shape index (κ1) is 9.83. The predicted molar refractivity (Wildman–Crippen MR) is 60.7 cm³/mol. The summed E-state index contributed by atoms with van der Waals surface area (Å²) in [5, 5.41) is 0. The summed E-state index contributed by atoms with van der Waals surface area (Å²) in [6.07, 6.45) is 0. The molecule has 0 radical (unpaired) electrons. The van der Waals surface area contributed by atoms with Crippen LogP contribution in [0.15, 0.2) is 48.5 Å². The summed E-state index contributed by atoms with van der Waals surface area (Å²) in [5.74, 6) is 5.26. The molecule has 0 spiro atoms. The third-order valence-electron chi connectivity index (χ3n) is 2.16. The summed E-state index contributed by atoms with van der Waals surface area (Å²) in [6.45, 7) is 0.584. The number of hydrazine groups is 1. The Kier molecular flexibility index (Phi) is 3.07. The highest BCUT2D eigenvalue weighted by Crippen LogP contribution is 2.16. The Morgan fingerprint density at radius 1 is 1.00 bits per heavy atom. The quantitative estimate of drug-likeness (QED) is 0.584. The van der Waals surface area contributed by atoms with Crippen molar-refractivity contribution < 1.29 is 0 Å². The normalized spacial score (nSPS) is 10.2. The van der Waals surface area contributed by atoms with Gasteiger partial charge in [-0.1, -0.05) is 36.4 Å². The number of nitrogens with zero attached hydrogens (tertiary/aromatic N) is 1. The molecule has 2 aromatic rings. The second-order valence-corrected chi connectivity index (χ2v) is 3.26. The van der Waals surface area contributed by atoms with Crippen molar-refractivity contribution in [1.82, 2.24) is 10.4 Å². The van der Waals surface area contributed by atoms with Gasteiger partial charge >= 0.3 is 0 Å². The van der Waals surface area contributed by atoms with Crippen molar-refractivity contribution in [2.75, 3.05) is 0 Å². The van der Waals surface area contributed by atoms with E-state index in [2.05, 4.69) is 10.4 Å². The average molecular weight is 199 g/mol. The second kappa shape index (κ2) is 4.68. The monoisotopic (exact) mass is 199 g/mol. The molecule has 0 atom stereocenters. The Bertz CT molecular complexity index is 426. The first-order valence-electron chi connectivity index (χ1n) is 4.85. The Balaban J connectivity index is 2.33. The Labute approximate surface area is 88.9 Å². The topological polar surface area (TPSA) is 50.9 Å². The predicted octanol–water partition coefficient (Wildman–Crippen LogP) is 1.71. The molecule has 1 heterocycles. The zero-order chi connectivity index (χ0) is 10.5. The van der Waals surface area contributed by atoms with E-state index in [1.807, 2.05) is 48.5 Å². The van der Waals surface area contributed by atoms with Gasteiger partial charge in [0.2, 0.25) is 0 Å². The van der Waals surface area contributed by atoms with Gasteiger partial charge in [0.25, 0.3) is 0 Å². The van der Waals surface area contributed by atoms with Crippen molar-refractivity contribution in [2.24, 2.45) is 5.84 Å². The minimum Gasteiger partial charge on any atom is -0.271 e. The SMILES string of the molecule is NNCc1cccc(-c2ccccc2)n1. The largest absolute Gasteiger partial charge is 0.271 e. The van der Waals surface area contributed by atoms with Crippen LogP contribution >= 0.6 is 0 Å². The molecule has 0 saturated heterocycles. The van der Waals surface area contributed by atoms with Gasteiger partial charge in [-0.05, 0) is 12.1 Å². The van der Waals surface area contributed by atoms with Crippen molar-refractivity contribution in [3.8, 4) is 11.3 Å². The Morgan fingerprint density at radius 2 is 1.80 bits per heavy atom. The van der Waals surface area contributed by atoms with Gasteiger partial charge < -0.3 is 0 Å². The molecule has 0 saturated carbocycles. The molecule has 3 heteroatoms. The van der Waals surface area contributed by atoms with Crippen LogP contribution in [0.4, 0.5) is 0 Å². The lowest BCUT2D eigenvalue weighted by Gasteiger charge is -2.03. The van der Waals surface area contributed by atoms with E-state index in [0.29, 0.717) is 6.54 Å². The number of nitrogens with one attached hydrogen (secondary N) is 1. The molecule has 3 N–H and O–H groups in total. The van der Waals surface area contributed by atoms with Crippen molar-refractivity contribution >= 4 is 0 Å². The third-order valence-corrected chi connectivity index (χ3v) is 2.16. The van der Waals surface area contributed by atoms with E-state index in [1.54, 1.807) is 0 Å². The minimum atomic E-state index is 0.584. The van der Waals surface area contributed by atoms with Crippen LogP contribution in [0.25, 0.3) is 11.3 Å². The molecule has 0 fully saturated rings. The highest BCUT2D eigenvalue weighted by Gasteiger charge is 1.99. The number of pyridine rings is 1. The number of hydrogen-bond donors (Lipinski definition) is 2. The van der Waals surface area contributed by atoms with Gasteiger partial charge in [0, 0.05) is 5.56 Å². The van der Waals surface area contributed by atoms with Gasteiger partial charge in [-0.15, -0.1) is 0 Å². The van der Waals surface area contributed by atoms with Gasteiger partial charge in [-0.3, -0.25) is 16.3 Å². The molecule has 76 valence electrons. The smallest absolute Gasteiger partial charge is 0.0705 e. The van der Waals surface area contributed by atoms with Crippen LogP contribution < -0.4 is 11.3 Å². The maximum absolute atomic E-state index is 5.26. The molecule has 0 unspecified atom stereocenters. The number of rotatable bonds is 3. The highest BCUT2D eigenvalue weighted by molar-refractivity contribution is 5.58. The van der Waals surface area contributed by atoms with E-state index in [4.69, 9.17) is 5.84 Å². The molecular weight excluding hydrogens is 186 g/mol. The molecule has 0 bridgehead atoms. The number of aromatic nitrogens is 1. The van der Waals surface area contributed by atoms with E-state index in [0.717, 1.165) is 17.0 Å². The summed E-state index contributed by atoms with van der Waals surface area (Å²) in [7, 11) is 0. The van der Waals surface area contributed by atoms with Gasteiger partial charge in [-0.2, -0.15) is 0 Å².